The Morgan fingerprint density at radius 1 is 1.10 bits per heavy atom. The molecule has 1 aromatic carbocycles. The van der Waals surface area contributed by atoms with Gasteiger partial charge in [-0.05, 0) is 18.2 Å². The first-order valence-electron chi connectivity index (χ1n) is 5.87. The van der Waals surface area contributed by atoms with E-state index < -0.39 is 5.97 Å². The van der Waals surface area contributed by atoms with Crippen LogP contribution in [0.5, 0.6) is 0 Å². The van der Waals surface area contributed by atoms with Crippen LogP contribution in [0.1, 0.15) is 10.4 Å². The van der Waals surface area contributed by atoms with Crippen LogP contribution in [0.25, 0.3) is 23.0 Å². The first-order valence-corrected chi connectivity index (χ1v) is 5.87. The second-order valence-electron chi connectivity index (χ2n) is 4.07. The summed E-state index contributed by atoms with van der Waals surface area (Å²) >= 11 is 0. The van der Waals surface area contributed by atoms with Gasteiger partial charge < -0.3 is 9.52 Å². The lowest BCUT2D eigenvalue weighted by Crippen LogP contribution is -2.05. The first-order chi connectivity index (χ1) is 10.1. The third-order valence-electron chi connectivity index (χ3n) is 2.71. The fourth-order valence-electron chi connectivity index (χ4n) is 1.76. The van der Waals surface area contributed by atoms with Gasteiger partial charge in [0, 0.05) is 6.07 Å². The molecular weight excluding hydrogens is 276 g/mol. The van der Waals surface area contributed by atoms with Crippen LogP contribution in [0.2, 0.25) is 0 Å². The van der Waals surface area contributed by atoms with Crippen LogP contribution in [0.15, 0.2) is 45.6 Å². The maximum atomic E-state index is 11.2. The van der Waals surface area contributed by atoms with E-state index >= 15 is 0 Å². The fraction of sp³-hybridized carbons (Fsp3) is 0. The molecule has 3 rings (SSSR count). The minimum atomic E-state index is -1.09. The summed E-state index contributed by atoms with van der Waals surface area (Å²) in [5.74, 6) is -0.940. The summed E-state index contributed by atoms with van der Waals surface area (Å²) in [5.41, 5.74) is 0.311. The maximum absolute atomic E-state index is 11.2. The molecule has 0 bridgehead atoms. The molecule has 8 heteroatoms. The van der Waals surface area contributed by atoms with Crippen molar-refractivity contribution in [3.63, 3.8) is 0 Å². The summed E-state index contributed by atoms with van der Waals surface area (Å²) in [6.45, 7) is 0. The number of carbonyl (C=O) groups is 1. The Kier molecular flexibility index (Phi) is 3.03. The molecule has 21 heavy (non-hydrogen) atoms. The summed E-state index contributed by atoms with van der Waals surface area (Å²) in [7, 11) is 0. The van der Waals surface area contributed by atoms with Gasteiger partial charge in [0.2, 0.25) is 5.89 Å². The molecular formula is C13H8N4O4. The molecule has 8 nitrogen and oxygen atoms in total. The number of benzene rings is 1. The number of aromatic nitrogens is 4. The van der Waals surface area contributed by atoms with E-state index in [2.05, 4.69) is 20.4 Å². The van der Waals surface area contributed by atoms with Crippen LogP contribution in [-0.2, 0) is 0 Å². The van der Waals surface area contributed by atoms with Gasteiger partial charge in [-0.2, -0.15) is 5.10 Å². The van der Waals surface area contributed by atoms with E-state index in [1.807, 2.05) is 0 Å². The van der Waals surface area contributed by atoms with Gasteiger partial charge in [0.1, 0.15) is 5.69 Å². The van der Waals surface area contributed by atoms with Crippen LogP contribution in [0, 0.1) is 0 Å². The Hall–Kier alpha value is -3.29. The Bertz CT molecular complexity index is 848. The molecule has 104 valence electrons. The van der Waals surface area contributed by atoms with Crippen molar-refractivity contribution in [1.29, 1.82) is 0 Å². The molecule has 2 heterocycles. The molecule has 0 radical (unpaired) electrons. The highest BCUT2D eigenvalue weighted by Gasteiger charge is 2.17. The van der Waals surface area contributed by atoms with E-state index in [1.165, 1.54) is 18.2 Å². The van der Waals surface area contributed by atoms with Crippen LogP contribution in [-0.4, -0.2) is 31.5 Å². The summed E-state index contributed by atoms with van der Waals surface area (Å²) < 4.78 is 5.42. The van der Waals surface area contributed by atoms with Gasteiger partial charge in [-0.15, -0.1) is 10.2 Å². The second kappa shape index (κ2) is 5.00. The van der Waals surface area contributed by atoms with Gasteiger partial charge in [0.15, 0.2) is 0 Å². The lowest BCUT2D eigenvalue weighted by molar-refractivity contribution is 0.0697. The molecule has 0 fully saturated rings. The third kappa shape index (κ3) is 2.41. The molecule has 0 saturated heterocycles. The normalized spacial score (nSPS) is 10.5. The molecule has 0 saturated carbocycles. The molecule has 0 unspecified atom stereocenters. The lowest BCUT2D eigenvalue weighted by atomic mass is 10.1. The third-order valence-corrected chi connectivity index (χ3v) is 2.71. The van der Waals surface area contributed by atoms with E-state index in [9.17, 15) is 9.59 Å². The van der Waals surface area contributed by atoms with Crippen molar-refractivity contribution in [2.75, 3.05) is 0 Å². The summed E-state index contributed by atoms with van der Waals surface area (Å²) in [6.07, 6.45) is 0. The molecule has 0 aliphatic carbocycles. The second-order valence-corrected chi connectivity index (χ2v) is 4.07. The molecule has 3 aromatic rings. The molecule has 0 aliphatic heterocycles. The van der Waals surface area contributed by atoms with Crippen molar-refractivity contribution in [2.45, 2.75) is 0 Å². The minimum Gasteiger partial charge on any atom is -0.478 e. The van der Waals surface area contributed by atoms with Crippen molar-refractivity contribution >= 4 is 5.97 Å². The summed E-state index contributed by atoms with van der Waals surface area (Å²) in [6, 6.07) is 9.00. The topological polar surface area (TPSA) is 122 Å². The first kappa shape index (κ1) is 12.7. The smallest absolute Gasteiger partial charge is 0.336 e. The highest BCUT2D eigenvalue weighted by atomic mass is 16.4. The highest BCUT2D eigenvalue weighted by Crippen LogP contribution is 2.25. The molecule has 2 aromatic heterocycles. The molecule has 2 N–H and O–H groups in total. The van der Waals surface area contributed by atoms with Crippen molar-refractivity contribution in [3.8, 4) is 23.0 Å². The largest absolute Gasteiger partial charge is 0.478 e. The number of aromatic amines is 1. The summed E-state index contributed by atoms with van der Waals surface area (Å²) in [5, 5.41) is 22.8. The average molecular weight is 284 g/mol. The molecule has 0 atom stereocenters. The zero-order valence-electron chi connectivity index (χ0n) is 10.5. The Balaban J connectivity index is 2.05. The number of rotatable bonds is 3. The van der Waals surface area contributed by atoms with Crippen molar-refractivity contribution in [2.24, 2.45) is 0 Å². The van der Waals surface area contributed by atoms with E-state index in [0.29, 0.717) is 11.3 Å². The van der Waals surface area contributed by atoms with Crippen LogP contribution in [0.4, 0.5) is 0 Å². The van der Waals surface area contributed by atoms with Gasteiger partial charge in [-0.3, -0.25) is 4.79 Å². The van der Waals surface area contributed by atoms with Gasteiger partial charge >= 0.3 is 5.97 Å². The highest BCUT2D eigenvalue weighted by molar-refractivity contribution is 5.94. The predicted octanol–water partition coefficient (Wildman–Crippen LogP) is 1.19. The number of nitrogens with zero attached hydrogens (tertiary/aromatic N) is 3. The Morgan fingerprint density at radius 3 is 2.57 bits per heavy atom. The van der Waals surface area contributed by atoms with Crippen molar-refractivity contribution in [3.05, 3.63) is 52.3 Å². The number of aromatic carboxylic acids is 1. The SMILES string of the molecule is O=C(O)c1ccccc1-c1nnc(-c2ccc(=O)[nH]n2)o1. The molecule has 0 spiro atoms. The van der Waals surface area contributed by atoms with Crippen LogP contribution >= 0.6 is 0 Å². The van der Waals surface area contributed by atoms with E-state index in [4.69, 9.17) is 9.52 Å². The fourth-order valence-corrected chi connectivity index (χ4v) is 1.76. The van der Waals surface area contributed by atoms with Crippen LogP contribution < -0.4 is 5.56 Å². The number of hydrogen-bond acceptors (Lipinski definition) is 6. The van der Waals surface area contributed by atoms with Crippen LogP contribution in [0.3, 0.4) is 0 Å². The van der Waals surface area contributed by atoms with Gasteiger partial charge in [-0.1, -0.05) is 12.1 Å². The number of hydrogen-bond donors (Lipinski definition) is 2. The van der Waals surface area contributed by atoms with Gasteiger partial charge in [0.05, 0.1) is 11.1 Å². The quantitative estimate of drug-likeness (QED) is 0.740. The predicted molar refractivity (Wildman–Crippen MR) is 70.5 cm³/mol. The summed E-state index contributed by atoms with van der Waals surface area (Å²) in [4.78, 5) is 22.1. The zero-order chi connectivity index (χ0) is 14.8. The Morgan fingerprint density at radius 2 is 1.86 bits per heavy atom. The molecule has 0 amide bonds. The number of H-pyrrole nitrogens is 1. The zero-order valence-corrected chi connectivity index (χ0v) is 10.5. The van der Waals surface area contributed by atoms with Gasteiger partial charge in [-0.25, -0.2) is 9.89 Å². The van der Waals surface area contributed by atoms with Crippen molar-refractivity contribution < 1.29 is 14.3 Å². The van der Waals surface area contributed by atoms with E-state index in [1.54, 1.807) is 18.2 Å². The number of carboxylic acid groups (broad SMARTS) is 1. The average Bonchev–Trinajstić information content (AvgIpc) is 2.97. The van der Waals surface area contributed by atoms with E-state index in [-0.39, 0.29) is 22.9 Å². The lowest BCUT2D eigenvalue weighted by Gasteiger charge is -1.99. The van der Waals surface area contributed by atoms with Gasteiger partial charge in [0.25, 0.3) is 11.4 Å². The number of carboxylic acids is 1. The van der Waals surface area contributed by atoms with E-state index in [0.717, 1.165) is 0 Å². The number of nitrogens with one attached hydrogen (secondary N) is 1. The minimum absolute atomic E-state index is 0.0575. The monoisotopic (exact) mass is 284 g/mol. The standard InChI is InChI=1S/C13H8N4O4/c18-10-6-5-9(14-15-10)12-17-16-11(21-12)7-3-1-2-4-8(7)13(19)20/h1-6H,(H,15,18)(H,19,20). The van der Waals surface area contributed by atoms with Crippen molar-refractivity contribution in [1.82, 2.24) is 20.4 Å². The maximum Gasteiger partial charge on any atom is 0.336 e. The Labute approximate surface area is 117 Å². The molecule has 0 aliphatic rings.